The highest BCUT2D eigenvalue weighted by molar-refractivity contribution is 9.10. The van der Waals surface area contributed by atoms with Crippen LogP contribution in [0.1, 0.15) is 21.9 Å². The molecule has 3 heterocycles. The van der Waals surface area contributed by atoms with Crippen LogP contribution in [0.25, 0.3) is 17.0 Å². The van der Waals surface area contributed by atoms with E-state index in [-0.39, 0.29) is 11.7 Å². The van der Waals surface area contributed by atoms with Gasteiger partial charge in [0, 0.05) is 27.1 Å². The van der Waals surface area contributed by atoms with E-state index in [4.69, 9.17) is 9.15 Å². The van der Waals surface area contributed by atoms with Crippen molar-refractivity contribution in [2.45, 2.75) is 6.54 Å². The number of hydrogen-bond donors (Lipinski definition) is 1. The van der Waals surface area contributed by atoms with E-state index in [0.717, 1.165) is 26.6 Å². The third-order valence-corrected chi connectivity index (χ3v) is 6.63. The highest BCUT2D eigenvalue weighted by atomic mass is 79.9. The third-order valence-electron chi connectivity index (χ3n) is 5.19. The Balaban J connectivity index is 1.44. The zero-order valence-electron chi connectivity index (χ0n) is 17.9. The van der Waals surface area contributed by atoms with Crippen LogP contribution in [0.4, 0.5) is 5.69 Å². The number of carbonyl (C=O) groups is 2. The molecule has 2 aromatic carbocycles. The maximum absolute atomic E-state index is 12.6. The number of halogens is 1. The number of benzene rings is 2. The molecular formula is C25H18BrN3O4S. The van der Waals surface area contributed by atoms with Gasteiger partial charge in [0.15, 0.2) is 5.17 Å². The Hall–Kier alpha value is -3.56. The molecule has 0 bridgehead atoms. The molecule has 0 unspecified atom stereocenters. The van der Waals surface area contributed by atoms with Gasteiger partial charge in [0.1, 0.15) is 5.76 Å². The molecule has 1 aliphatic heterocycles. The molecule has 0 spiro atoms. The van der Waals surface area contributed by atoms with Gasteiger partial charge in [-0.3, -0.25) is 4.79 Å². The first-order valence-electron chi connectivity index (χ1n) is 10.3. The van der Waals surface area contributed by atoms with Gasteiger partial charge >= 0.3 is 5.97 Å². The molecule has 2 aromatic heterocycles. The van der Waals surface area contributed by atoms with Gasteiger partial charge in [-0.25, -0.2) is 9.79 Å². The second-order valence-corrected chi connectivity index (χ2v) is 9.39. The molecule has 1 N–H and O–H groups in total. The number of ether oxygens (including phenoxy) is 1. The van der Waals surface area contributed by atoms with Crippen LogP contribution in [0.2, 0.25) is 0 Å². The molecule has 170 valence electrons. The summed E-state index contributed by atoms with van der Waals surface area (Å²) >= 11 is 4.71. The lowest BCUT2D eigenvalue weighted by Crippen LogP contribution is -2.19. The van der Waals surface area contributed by atoms with Crippen molar-refractivity contribution in [2.24, 2.45) is 4.99 Å². The van der Waals surface area contributed by atoms with Crippen LogP contribution in [0.5, 0.6) is 0 Å². The van der Waals surface area contributed by atoms with Gasteiger partial charge in [0.2, 0.25) is 5.76 Å². The van der Waals surface area contributed by atoms with Crippen LogP contribution in [-0.2, 0) is 16.1 Å². The SMILES string of the molecule is COC(=O)c1ccc(Cn2cc(/C=C3\SC(=Nc4ccc(Br)cc4)NC3=O)c3ccccc32)o1. The number of rotatable bonds is 5. The average Bonchev–Trinajstić information content (AvgIpc) is 3.54. The third kappa shape index (κ3) is 4.57. The predicted octanol–water partition coefficient (Wildman–Crippen LogP) is 5.72. The summed E-state index contributed by atoms with van der Waals surface area (Å²) in [6.07, 6.45) is 3.83. The Kier molecular flexibility index (Phi) is 6.12. The maximum Gasteiger partial charge on any atom is 0.373 e. The molecule has 1 amide bonds. The van der Waals surface area contributed by atoms with Crippen molar-refractivity contribution in [1.29, 1.82) is 0 Å². The molecule has 0 radical (unpaired) electrons. The number of amidine groups is 1. The minimum atomic E-state index is -0.515. The normalized spacial score (nSPS) is 15.9. The number of methoxy groups -OCH3 is 1. The van der Waals surface area contributed by atoms with E-state index < -0.39 is 5.97 Å². The number of carbonyl (C=O) groups excluding carboxylic acids is 2. The first-order chi connectivity index (χ1) is 16.5. The van der Waals surface area contributed by atoms with Crippen LogP contribution in [0, 0.1) is 0 Å². The van der Waals surface area contributed by atoms with Gasteiger partial charge in [-0.1, -0.05) is 34.1 Å². The van der Waals surface area contributed by atoms with Gasteiger partial charge in [0.05, 0.1) is 24.2 Å². The van der Waals surface area contributed by atoms with E-state index in [2.05, 4.69) is 26.2 Å². The Labute approximate surface area is 207 Å². The summed E-state index contributed by atoms with van der Waals surface area (Å²) in [5, 5.41) is 4.37. The number of para-hydroxylation sites is 1. The summed E-state index contributed by atoms with van der Waals surface area (Å²) in [4.78, 5) is 29.4. The van der Waals surface area contributed by atoms with Crippen molar-refractivity contribution in [3.63, 3.8) is 0 Å². The standard InChI is InChI=1S/C25H18BrN3O4S/c1-32-24(31)21-11-10-18(33-21)14-29-13-15(19-4-2-3-5-20(19)29)12-22-23(30)28-25(34-22)27-17-8-6-16(26)7-9-17/h2-13H,14H2,1H3,(H,27,28,30)/b22-12-. The second kappa shape index (κ2) is 9.36. The highest BCUT2D eigenvalue weighted by Crippen LogP contribution is 2.31. The monoisotopic (exact) mass is 535 g/mol. The van der Waals surface area contributed by atoms with Crippen molar-refractivity contribution in [3.8, 4) is 0 Å². The van der Waals surface area contributed by atoms with Crippen LogP contribution in [0.3, 0.4) is 0 Å². The largest absolute Gasteiger partial charge is 0.463 e. The van der Waals surface area contributed by atoms with Crippen molar-refractivity contribution >= 4 is 67.4 Å². The van der Waals surface area contributed by atoms with E-state index in [1.165, 1.54) is 18.9 Å². The van der Waals surface area contributed by atoms with Crippen LogP contribution in [-0.4, -0.2) is 28.7 Å². The Morgan fingerprint density at radius 1 is 1.18 bits per heavy atom. The van der Waals surface area contributed by atoms with E-state index in [1.807, 2.05) is 65.4 Å². The summed E-state index contributed by atoms with van der Waals surface area (Å²) in [6, 6.07) is 18.8. The van der Waals surface area contributed by atoms with Gasteiger partial charge in [-0.2, -0.15) is 0 Å². The fraction of sp³-hybridized carbons (Fsp3) is 0.0800. The molecule has 0 saturated carbocycles. The molecule has 5 rings (SSSR count). The molecule has 1 fully saturated rings. The summed E-state index contributed by atoms with van der Waals surface area (Å²) in [7, 11) is 1.32. The predicted molar refractivity (Wildman–Crippen MR) is 136 cm³/mol. The number of aliphatic imine (C=N–C) groups is 1. The topological polar surface area (TPSA) is 85.8 Å². The molecular weight excluding hydrogens is 518 g/mol. The Morgan fingerprint density at radius 2 is 1.97 bits per heavy atom. The van der Waals surface area contributed by atoms with Crippen LogP contribution in [0.15, 0.2) is 85.6 Å². The number of furan rings is 1. The number of nitrogens with zero attached hydrogens (tertiary/aromatic N) is 2. The smallest absolute Gasteiger partial charge is 0.373 e. The quantitative estimate of drug-likeness (QED) is 0.260. The average molecular weight is 536 g/mol. The van der Waals surface area contributed by atoms with Gasteiger partial charge in [0.25, 0.3) is 5.91 Å². The summed E-state index contributed by atoms with van der Waals surface area (Å²) in [5.74, 6) is 0.0792. The minimum absolute atomic E-state index is 0.160. The fourth-order valence-corrected chi connectivity index (χ4v) is 4.71. The van der Waals surface area contributed by atoms with Gasteiger partial charge in [-0.05, 0) is 60.3 Å². The maximum atomic E-state index is 12.6. The van der Waals surface area contributed by atoms with E-state index in [9.17, 15) is 9.59 Å². The van der Waals surface area contributed by atoms with E-state index in [0.29, 0.717) is 22.4 Å². The van der Waals surface area contributed by atoms with E-state index >= 15 is 0 Å². The number of amides is 1. The number of esters is 1. The molecule has 1 aliphatic rings. The molecule has 7 nitrogen and oxygen atoms in total. The van der Waals surface area contributed by atoms with Crippen molar-refractivity contribution in [3.05, 3.63) is 93.3 Å². The first-order valence-corrected chi connectivity index (χ1v) is 11.9. The summed E-state index contributed by atoms with van der Waals surface area (Å²) < 4.78 is 13.3. The van der Waals surface area contributed by atoms with Crippen molar-refractivity contribution < 1.29 is 18.7 Å². The number of hydrogen-bond acceptors (Lipinski definition) is 6. The molecule has 4 aromatic rings. The van der Waals surface area contributed by atoms with Gasteiger partial charge < -0.3 is 19.0 Å². The number of fused-ring (bicyclic) bond motifs is 1. The molecule has 9 heteroatoms. The summed E-state index contributed by atoms with van der Waals surface area (Å²) in [6.45, 7) is 0.427. The zero-order valence-corrected chi connectivity index (χ0v) is 20.4. The second-order valence-electron chi connectivity index (χ2n) is 7.45. The Morgan fingerprint density at radius 3 is 2.76 bits per heavy atom. The van der Waals surface area contributed by atoms with Gasteiger partial charge in [-0.15, -0.1) is 0 Å². The van der Waals surface area contributed by atoms with Crippen molar-refractivity contribution in [1.82, 2.24) is 9.88 Å². The van der Waals surface area contributed by atoms with E-state index in [1.54, 1.807) is 12.1 Å². The molecule has 0 atom stereocenters. The van der Waals surface area contributed by atoms with Crippen LogP contribution >= 0.6 is 27.7 Å². The highest BCUT2D eigenvalue weighted by Gasteiger charge is 2.24. The molecule has 34 heavy (non-hydrogen) atoms. The lowest BCUT2D eigenvalue weighted by Gasteiger charge is -2.02. The lowest BCUT2D eigenvalue weighted by molar-refractivity contribution is -0.115. The fourth-order valence-electron chi connectivity index (χ4n) is 3.62. The lowest BCUT2D eigenvalue weighted by atomic mass is 10.1. The molecule has 1 saturated heterocycles. The minimum Gasteiger partial charge on any atom is -0.463 e. The zero-order chi connectivity index (χ0) is 23.7. The first kappa shape index (κ1) is 22.2. The summed E-state index contributed by atoms with van der Waals surface area (Å²) in [5.41, 5.74) is 2.64. The molecule has 0 aliphatic carbocycles. The van der Waals surface area contributed by atoms with Crippen molar-refractivity contribution in [2.75, 3.05) is 7.11 Å². The number of nitrogens with one attached hydrogen (secondary N) is 1. The number of aromatic nitrogens is 1. The van der Waals surface area contributed by atoms with Crippen LogP contribution < -0.4 is 5.32 Å². The number of thioether (sulfide) groups is 1. The Bertz CT molecular complexity index is 1470.